The van der Waals surface area contributed by atoms with Crippen LogP contribution in [0.4, 0.5) is 4.39 Å². The second-order valence-electron chi connectivity index (χ2n) is 5.86. The lowest BCUT2D eigenvalue weighted by Crippen LogP contribution is -2.09. The van der Waals surface area contributed by atoms with Gasteiger partial charge in [0.2, 0.25) is 0 Å². The molecule has 0 aliphatic carbocycles. The number of benzene rings is 1. The van der Waals surface area contributed by atoms with Gasteiger partial charge in [-0.1, -0.05) is 57.6 Å². The lowest BCUT2D eigenvalue weighted by molar-refractivity contribution is 0.538. The SMILES string of the molecule is C=CCC(C)C(SC)c1ccc(CCCCC)c(C=C)c1F. The molecule has 2 unspecified atom stereocenters. The minimum atomic E-state index is -0.0840. The van der Waals surface area contributed by atoms with Gasteiger partial charge in [0.15, 0.2) is 0 Å². The summed E-state index contributed by atoms with van der Waals surface area (Å²) in [5.74, 6) is 0.282. The van der Waals surface area contributed by atoms with Crippen molar-refractivity contribution in [2.75, 3.05) is 6.26 Å². The highest BCUT2D eigenvalue weighted by molar-refractivity contribution is 7.98. The van der Waals surface area contributed by atoms with Crippen molar-refractivity contribution in [3.8, 4) is 0 Å². The van der Waals surface area contributed by atoms with Crippen LogP contribution in [-0.2, 0) is 6.42 Å². The number of thioether (sulfide) groups is 1. The van der Waals surface area contributed by atoms with Crippen LogP contribution in [0.2, 0.25) is 0 Å². The molecule has 0 nitrogen and oxygen atoms in total. The van der Waals surface area contributed by atoms with E-state index in [0.717, 1.165) is 30.4 Å². The van der Waals surface area contributed by atoms with Gasteiger partial charge in [0, 0.05) is 16.4 Å². The standard InChI is InChI=1S/C20H29FS/c1-6-9-10-12-16-13-14-18(19(21)17(16)8-3)20(22-5)15(4)11-7-2/h7-8,13-15,20H,2-3,6,9-12H2,1,4-5H3. The van der Waals surface area contributed by atoms with Crippen LogP contribution in [0.1, 0.15) is 61.5 Å². The molecule has 0 amide bonds. The van der Waals surface area contributed by atoms with Gasteiger partial charge in [-0.15, -0.1) is 6.58 Å². The minimum Gasteiger partial charge on any atom is -0.206 e. The molecule has 0 spiro atoms. The Balaban J connectivity index is 3.11. The molecule has 0 radical (unpaired) electrons. The third kappa shape index (κ3) is 4.74. The van der Waals surface area contributed by atoms with Gasteiger partial charge in [-0.25, -0.2) is 4.39 Å². The molecular formula is C20H29FS. The number of rotatable bonds is 10. The Labute approximate surface area is 139 Å². The van der Waals surface area contributed by atoms with E-state index in [1.165, 1.54) is 12.8 Å². The Morgan fingerprint density at radius 1 is 1.27 bits per heavy atom. The van der Waals surface area contributed by atoms with Gasteiger partial charge < -0.3 is 0 Å². The Morgan fingerprint density at radius 2 is 2.00 bits per heavy atom. The van der Waals surface area contributed by atoms with Crippen LogP contribution in [0, 0.1) is 11.7 Å². The molecule has 0 aromatic heterocycles. The molecule has 122 valence electrons. The van der Waals surface area contributed by atoms with Gasteiger partial charge in [-0.2, -0.15) is 11.8 Å². The maximum absolute atomic E-state index is 15.0. The highest BCUT2D eigenvalue weighted by atomic mass is 32.2. The summed E-state index contributed by atoms with van der Waals surface area (Å²) in [4.78, 5) is 0. The van der Waals surface area contributed by atoms with E-state index in [1.807, 2.05) is 18.4 Å². The van der Waals surface area contributed by atoms with Crippen molar-refractivity contribution in [3.63, 3.8) is 0 Å². The molecule has 1 aromatic rings. The topological polar surface area (TPSA) is 0 Å². The molecule has 0 heterocycles. The van der Waals surface area contributed by atoms with Gasteiger partial charge in [-0.05, 0) is 37.0 Å². The van der Waals surface area contributed by atoms with E-state index in [-0.39, 0.29) is 11.1 Å². The second kappa shape index (κ2) is 9.89. The molecule has 0 saturated heterocycles. The monoisotopic (exact) mass is 320 g/mol. The highest BCUT2D eigenvalue weighted by Crippen LogP contribution is 2.39. The molecule has 0 aliphatic rings. The van der Waals surface area contributed by atoms with Gasteiger partial charge in [0.05, 0.1) is 0 Å². The molecule has 1 aromatic carbocycles. The Bertz CT molecular complexity index is 493. The summed E-state index contributed by atoms with van der Waals surface area (Å²) in [5, 5.41) is 0.154. The smallest absolute Gasteiger partial charge is 0.135 e. The molecule has 2 atom stereocenters. The van der Waals surface area contributed by atoms with Crippen molar-refractivity contribution in [3.05, 3.63) is 53.9 Å². The maximum atomic E-state index is 15.0. The van der Waals surface area contributed by atoms with E-state index >= 15 is 0 Å². The van der Waals surface area contributed by atoms with Crippen molar-refractivity contribution in [1.82, 2.24) is 0 Å². The van der Waals surface area contributed by atoms with Crippen LogP contribution < -0.4 is 0 Å². The Kier molecular flexibility index (Phi) is 8.55. The number of allylic oxidation sites excluding steroid dienone is 1. The Hall–Kier alpha value is -1.02. The first kappa shape index (κ1) is 19.0. The van der Waals surface area contributed by atoms with Crippen LogP contribution in [0.5, 0.6) is 0 Å². The number of hydrogen-bond donors (Lipinski definition) is 0. The third-order valence-corrected chi connectivity index (χ3v) is 5.40. The first-order chi connectivity index (χ1) is 10.6. The van der Waals surface area contributed by atoms with E-state index in [4.69, 9.17) is 0 Å². The zero-order valence-corrected chi connectivity index (χ0v) is 15.0. The summed E-state index contributed by atoms with van der Waals surface area (Å²) in [6.45, 7) is 12.0. The number of unbranched alkanes of at least 4 members (excludes halogenated alkanes) is 2. The molecule has 0 aliphatic heterocycles. The first-order valence-corrected chi connectivity index (χ1v) is 9.46. The van der Waals surface area contributed by atoms with Crippen molar-refractivity contribution >= 4 is 17.8 Å². The number of aryl methyl sites for hydroxylation is 1. The summed E-state index contributed by atoms with van der Waals surface area (Å²) >= 11 is 1.71. The second-order valence-corrected chi connectivity index (χ2v) is 6.84. The molecular weight excluding hydrogens is 291 g/mol. The van der Waals surface area contributed by atoms with Crippen molar-refractivity contribution in [2.24, 2.45) is 5.92 Å². The van der Waals surface area contributed by atoms with Crippen LogP contribution in [0.15, 0.2) is 31.4 Å². The van der Waals surface area contributed by atoms with Crippen LogP contribution >= 0.6 is 11.8 Å². The predicted octanol–water partition coefficient (Wildman–Crippen LogP) is 6.82. The fourth-order valence-corrected chi connectivity index (χ4v) is 3.94. The maximum Gasteiger partial charge on any atom is 0.135 e. The predicted molar refractivity (Wildman–Crippen MR) is 100.0 cm³/mol. The molecule has 2 heteroatoms. The average molecular weight is 321 g/mol. The fourth-order valence-electron chi connectivity index (χ4n) is 2.93. The van der Waals surface area contributed by atoms with Crippen LogP contribution in [-0.4, -0.2) is 6.26 Å². The quantitative estimate of drug-likeness (QED) is 0.337. The zero-order valence-electron chi connectivity index (χ0n) is 14.2. The van der Waals surface area contributed by atoms with Gasteiger partial charge in [0.1, 0.15) is 5.82 Å². The van der Waals surface area contributed by atoms with E-state index < -0.39 is 0 Å². The number of halogens is 1. The molecule has 0 fully saturated rings. The van der Waals surface area contributed by atoms with Crippen LogP contribution in [0.25, 0.3) is 6.08 Å². The molecule has 22 heavy (non-hydrogen) atoms. The van der Waals surface area contributed by atoms with Crippen LogP contribution in [0.3, 0.4) is 0 Å². The average Bonchev–Trinajstić information content (AvgIpc) is 2.50. The summed E-state index contributed by atoms with van der Waals surface area (Å²) in [6.07, 6.45) is 10.9. The minimum absolute atomic E-state index is 0.0840. The van der Waals surface area contributed by atoms with Crippen molar-refractivity contribution in [1.29, 1.82) is 0 Å². The van der Waals surface area contributed by atoms with E-state index in [0.29, 0.717) is 11.5 Å². The lowest BCUT2D eigenvalue weighted by Gasteiger charge is -2.23. The van der Waals surface area contributed by atoms with E-state index in [1.54, 1.807) is 17.8 Å². The normalized spacial score (nSPS) is 13.6. The number of hydrogen-bond acceptors (Lipinski definition) is 1. The third-order valence-electron chi connectivity index (χ3n) is 4.17. The van der Waals surface area contributed by atoms with E-state index in [2.05, 4.69) is 33.1 Å². The van der Waals surface area contributed by atoms with Crippen molar-refractivity contribution in [2.45, 2.75) is 51.2 Å². The summed E-state index contributed by atoms with van der Waals surface area (Å²) in [5.41, 5.74) is 2.58. The molecule has 0 bridgehead atoms. The van der Waals surface area contributed by atoms with E-state index in [9.17, 15) is 4.39 Å². The molecule has 0 N–H and O–H groups in total. The molecule has 1 rings (SSSR count). The fraction of sp³-hybridized carbons (Fsp3) is 0.500. The van der Waals surface area contributed by atoms with Crippen molar-refractivity contribution < 1.29 is 4.39 Å². The van der Waals surface area contributed by atoms with Gasteiger partial charge in [0.25, 0.3) is 0 Å². The van der Waals surface area contributed by atoms with Gasteiger partial charge in [-0.3, -0.25) is 0 Å². The van der Waals surface area contributed by atoms with Gasteiger partial charge >= 0.3 is 0 Å². The summed E-state index contributed by atoms with van der Waals surface area (Å²) in [6, 6.07) is 4.07. The summed E-state index contributed by atoms with van der Waals surface area (Å²) in [7, 11) is 0. The summed E-state index contributed by atoms with van der Waals surface area (Å²) < 4.78 is 15.0. The zero-order chi connectivity index (χ0) is 16.5. The first-order valence-electron chi connectivity index (χ1n) is 8.18. The molecule has 0 saturated carbocycles. The largest absolute Gasteiger partial charge is 0.206 e. The highest BCUT2D eigenvalue weighted by Gasteiger charge is 2.22. The Morgan fingerprint density at radius 3 is 2.55 bits per heavy atom. The lowest BCUT2D eigenvalue weighted by atomic mass is 9.92.